The lowest BCUT2D eigenvalue weighted by molar-refractivity contribution is 0.0176. The van der Waals surface area contributed by atoms with Gasteiger partial charge in [0.1, 0.15) is 23.2 Å². The number of esters is 1. The van der Waals surface area contributed by atoms with E-state index < -0.39 is 5.97 Å². The molecule has 0 spiro atoms. The van der Waals surface area contributed by atoms with Crippen molar-refractivity contribution in [1.29, 1.82) is 0 Å². The molecule has 0 radical (unpaired) electrons. The average Bonchev–Trinajstić information content (AvgIpc) is 3.34. The fraction of sp³-hybridized carbons (Fsp3) is 0.323. The van der Waals surface area contributed by atoms with Gasteiger partial charge in [-0.1, -0.05) is 25.1 Å². The van der Waals surface area contributed by atoms with E-state index in [4.69, 9.17) is 23.4 Å². The highest BCUT2D eigenvalue weighted by Crippen LogP contribution is 2.43. The third kappa shape index (κ3) is 5.20. The molecule has 5 rings (SSSR count). The molecule has 1 aliphatic carbocycles. The zero-order chi connectivity index (χ0) is 26.6. The second-order valence-electron chi connectivity index (χ2n) is 9.71. The predicted molar refractivity (Wildman–Crippen MR) is 144 cm³/mol. The van der Waals surface area contributed by atoms with Crippen LogP contribution in [-0.4, -0.2) is 31.4 Å². The average molecular weight is 517 g/mol. The van der Waals surface area contributed by atoms with E-state index in [1.54, 1.807) is 31.4 Å². The largest absolute Gasteiger partial charge is 0.493 e. The van der Waals surface area contributed by atoms with Crippen molar-refractivity contribution in [3.63, 3.8) is 0 Å². The first-order valence-electron chi connectivity index (χ1n) is 12.9. The maximum atomic E-state index is 13.7. The number of benzene rings is 3. The molecule has 4 aromatic rings. The summed E-state index contributed by atoms with van der Waals surface area (Å²) in [7, 11) is 3.09. The number of hydrogen-bond donors (Lipinski definition) is 1. The van der Waals surface area contributed by atoms with Crippen molar-refractivity contribution in [2.75, 3.05) is 14.2 Å². The molecule has 38 heavy (non-hydrogen) atoms. The summed E-state index contributed by atoms with van der Waals surface area (Å²) in [5.41, 5.74) is 1.93. The molecule has 1 aliphatic rings. The number of hydrogen-bond acceptors (Lipinski definition) is 7. The third-order valence-electron chi connectivity index (χ3n) is 7.06. The van der Waals surface area contributed by atoms with E-state index in [-0.39, 0.29) is 12.7 Å². The van der Waals surface area contributed by atoms with Crippen molar-refractivity contribution in [2.24, 2.45) is 5.92 Å². The molecule has 1 aromatic heterocycles. The number of carbonyl (C=O) groups is 1. The Morgan fingerprint density at radius 3 is 2.34 bits per heavy atom. The molecule has 0 aliphatic heterocycles. The van der Waals surface area contributed by atoms with Gasteiger partial charge in [0.05, 0.1) is 20.8 Å². The Labute approximate surface area is 221 Å². The number of aliphatic hydroxyl groups is 1. The molecule has 0 bridgehead atoms. The number of rotatable bonds is 8. The van der Waals surface area contributed by atoms with Crippen molar-refractivity contribution in [3.05, 3.63) is 71.8 Å². The van der Waals surface area contributed by atoms with Crippen LogP contribution in [0.2, 0.25) is 0 Å². The molecule has 198 valence electrons. The van der Waals surface area contributed by atoms with Gasteiger partial charge in [-0.15, -0.1) is 0 Å². The molecule has 3 aromatic carbocycles. The van der Waals surface area contributed by atoms with E-state index in [9.17, 15) is 9.90 Å². The lowest BCUT2D eigenvalue weighted by Gasteiger charge is -2.26. The van der Waals surface area contributed by atoms with Gasteiger partial charge in [0.15, 0.2) is 22.8 Å². The predicted octanol–water partition coefficient (Wildman–Crippen LogP) is 7.14. The summed E-state index contributed by atoms with van der Waals surface area (Å²) in [5.74, 6) is 2.63. The van der Waals surface area contributed by atoms with Gasteiger partial charge in [0.2, 0.25) is 0 Å². The van der Waals surface area contributed by atoms with Crippen LogP contribution in [0.4, 0.5) is 0 Å². The maximum Gasteiger partial charge on any atom is 0.343 e. The first kappa shape index (κ1) is 25.7. The van der Waals surface area contributed by atoms with Gasteiger partial charge in [-0.2, -0.15) is 0 Å². The van der Waals surface area contributed by atoms with Gasteiger partial charge in [0, 0.05) is 10.9 Å². The molecular formula is C31H32O7. The first-order valence-corrected chi connectivity index (χ1v) is 12.9. The van der Waals surface area contributed by atoms with Crippen LogP contribution in [0.1, 0.15) is 48.5 Å². The zero-order valence-corrected chi connectivity index (χ0v) is 21.9. The minimum absolute atomic E-state index is 0.143. The number of methoxy groups -OCH3 is 2. The summed E-state index contributed by atoms with van der Waals surface area (Å²) >= 11 is 0. The summed E-state index contributed by atoms with van der Waals surface area (Å²) in [4.78, 5) is 13.7. The van der Waals surface area contributed by atoms with Crippen LogP contribution in [0.15, 0.2) is 65.1 Å². The van der Waals surface area contributed by atoms with Gasteiger partial charge in [-0.25, -0.2) is 4.79 Å². The van der Waals surface area contributed by atoms with Crippen LogP contribution in [-0.2, 0) is 11.3 Å². The second kappa shape index (κ2) is 11.2. The van der Waals surface area contributed by atoms with Crippen LogP contribution in [0.3, 0.4) is 0 Å². The van der Waals surface area contributed by atoms with E-state index in [0.717, 1.165) is 25.7 Å². The Hall–Kier alpha value is -3.97. The Bertz CT molecular complexity index is 1420. The SMILES string of the molecule is COc1cc(-c2oc3c(OC)cc(CO)cc3c2C(=O)OC2CCC(C)CC2)ccc1Oc1ccccc1. The topological polar surface area (TPSA) is 87.4 Å². The van der Waals surface area contributed by atoms with Crippen molar-refractivity contribution in [2.45, 2.75) is 45.3 Å². The summed E-state index contributed by atoms with van der Waals surface area (Å²) < 4.78 is 29.5. The number of ether oxygens (including phenoxy) is 4. The molecule has 0 atom stereocenters. The lowest BCUT2D eigenvalue weighted by Crippen LogP contribution is -2.23. The van der Waals surface area contributed by atoms with Crippen LogP contribution in [0.5, 0.6) is 23.0 Å². The number of aliphatic hydroxyl groups excluding tert-OH is 1. The summed E-state index contributed by atoms with van der Waals surface area (Å²) in [6.45, 7) is 2.02. The van der Waals surface area contributed by atoms with E-state index in [2.05, 4.69) is 6.92 Å². The first-order chi connectivity index (χ1) is 18.5. The maximum absolute atomic E-state index is 13.7. The lowest BCUT2D eigenvalue weighted by atomic mass is 9.89. The van der Waals surface area contributed by atoms with E-state index in [1.165, 1.54) is 7.11 Å². The molecule has 7 nitrogen and oxygen atoms in total. The van der Waals surface area contributed by atoms with Gasteiger partial charge in [-0.05, 0) is 79.6 Å². The zero-order valence-electron chi connectivity index (χ0n) is 21.9. The molecule has 1 heterocycles. The minimum Gasteiger partial charge on any atom is -0.493 e. The van der Waals surface area contributed by atoms with Crippen molar-refractivity contribution in [1.82, 2.24) is 0 Å². The molecule has 7 heteroatoms. The monoisotopic (exact) mass is 516 g/mol. The molecule has 1 fully saturated rings. The summed E-state index contributed by atoms with van der Waals surface area (Å²) in [5, 5.41) is 10.4. The summed E-state index contributed by atoms with van der Waals surface area (Å²) in [6.07, 6.45) is 3.58. The Kier molecular flexibility index (Phi) is 7.56. The van der Waals surface area contributed by atoms with E-state index >= 15 is 0 Å². The Balaban J connectivity index is 1.59. The van der Waals surface area contributed by atoms with E-state index in [0.29, 0.717) is 62.3 Å². The van der Waals surface area contributed by atoms with Crippen molar-refractivity contribution >= 4 is 16.9 Å². The summed E-state index contributed by atoms with van der Waals surface area (Å²) in [6, 6.07) is 18.2. The Morgan fingerprint density at radius 1 is 0.921 bits per heavy atom. The van der Waals surface area contributed by atoms with Crippen LogP contribution in [0, 0.1) is 5.92 Å². The number of furan rings is 1. The fourth-order valence-electron chi connectivity index (χ4n) is 4.94. The normalized spacial score (nSPS) is 17.3. The highest BCUT2D eigenvalue weighted by Gasteiger charge is 2.29. The van der Waals surface area contributed by atoms with E-state index in [1.807, 2.05) is 36.4 Å². The standard InChI is InChI=1S/C31H32O7/c1-19-9-12-23(13-10-19)37-31(33)28-24-15-20(18-32)16-27(35-3)30(24)38-29(28)21-11-14-25(26(17-21)34-2)36-22-7-5-4-6-8-22/h4-8,11,14-17,19,23,32H,9-10,12-13,18H2,1-3H3. The number of para-hydroxylation sites is 1. The van der Waals surface area contributed by atoms with Crippen LogP contribution < -0.4 is 14.2 Å². The molecule has 1 N–H and O–H groups in total. The number of fused-ring (bicyclic) bond motifs is 1. The molecule has 1 saturated carbocycles. The molecule has 0 unspecified atom stereocenters. The molecule has 0 amide bonds. The van der Waals surface area contributed by atoms with Crippen LogP contribution >= 0.6 is 0 Å². The minimum atomic E-state index is -0.459. The van der Waals surface area contributed by atoms with Gasteiger partial charge in [0.25, 0.3) is 0 Å². The van der Waals surface area contributed by atoms with Crippen molar-refractivity contribution in [3.8, 4) is 34.3 Å². The smallest absolute Gasteiger partial charge is 0.343 e. The van der Waals surface area contributed by atoms with Gasteiger partial charge < -0.3 is 28.5 Å². The third-order valence-corrected chi connectivity index (χ3v) is 7.06. The molecular weight excluding hydrogens is 484 g/mol. The highest BCUT2D eigenvalue weighted by molar-refractivity contribution is 6.10. The van der Waals surface area contributed by atoms with Gasteiger partial charge >= 0.3 is 5.97 Å². The van der Waals surface area contributed by atoms with Gasteiger partial charge in [-0.3, -0.25) is 0 Å². The fourth-order valence-corrected chi connectivity index (χ4v) is 4.94. The number of carbonyl (C=O) groups excluding carboxylic acids is 1. The van der Waals surface area contributed by atoms with Crippen molar-refractivity contribution < 1.29 is 33.3 Å². The Morgan fingerprint density at radius 2 is 1.66 bits per heavy atom. The molecule has 0 saturated heterocycles. The van der Waals surface area contributed by atoms with Crippen LogP contribution in [0.25, 0.3) is 22.3 Å². The second-order valence-corrected chi connectivity index (χ2v) is 9.71. The quantitative estimate of drug-likeness (QED) is 0.249. The highest BCUT2D eigenvalue weighted by atomic mass is 16.5.